The standard InChI is InChI=1S/C22H25N3O6S2/c1-5-30-20(26)17-13-7-8-25(22(27)31-6-2)11-16(13)32-19(17)24-21-23-18-14(29-4)9-12(28-3)10-15(18)33-21/h9-10H,5-8,11H2,1-4H3,(H,23,24). The van der Waals surface area contributed by atoms with Crippen LogP contribution in [-0.4, -0.2) is 55.9 Å². The Kier molecular flexibility index (Phi) is 6.89. The largest absolute Gasteiger partial charge is 0.497 e. The Morgan fingerprint density at radius 1 is 1.12 bits per heavy atom. The third-order valence-electron chi connectivity index (χ3n) is 5.17. The van der Waals surface area contributed by atoms with E-state index in [-0.39, 0.29) is 18.7 Å². The SMILES string of the molecule is CCOC(=O)c1c(Nc2nc3c(OC)cc(OC)cc3s2)sc2c1CCN(C(=O)OCC)C2. The quantitative estimate of drug-likeness (QED) is 0.470. The van der Waals surface area contributed by atoms with Crippen molar-refractivity contribution in [2.24, 2.45) is 0 Å². The molecule has 0 bridgehead atoms. The number of carbonyl (C=O) groups is 2. The lowest BCUT2D eigenvalue weighted by molar-refractivity contribution is 0.0526. The maximum atomic E-state index is 12.8. The van der Waals surface area contributed by atoms with Crippen LogP contribution >= 0.6 is 22.7 Å². The van der Waals surface area contributed by atoms with Crippen LogP contribution in [0.5, 0.6) is 11.5 Å². The Morgan fingerprint density at radius 2 is 1.91 bits per heavy atom. The van der Waals surface area contributed by atoms with Gasteiger partial charge in [-0.2, -0.15) is 0 Å². The smallest absolute Gasteiger partial charge is 0.410 e. The van der Waals surface area contributed by atoms with Gasteiger partial charge in [0, 0.05) is 17.5 Å². The highest BCUT2D eigenvalue weighted by Crippen LogP contribution is 2.42. The molecule has 3 aromatic rings. The van der Waals surface area contributed by atoms with E-state index in [4.69, 9.17) is 18.9 Å². The fourth-order valence-corrected chi connectivity index (χ4v) is 5.91. The molecule has 176 valence electrons. The summed E-state index contributed by atoms with van der Waals surface area (Å²) in [6, 6.07) is 3.67. The molecule has 0 aliphatic carbocycles. The average Bonchev–Trinajstić information content (AvgIpc) is 3.38. The van der Waals surface area contributed by atoms with Crippen molar-refractivity contribution in [1.29, 1.82) is 0 Å². The summed E-state index contributed by atoms with van der Waals surface area (Å²) < 4.78 is 22.2. The van der Waals surface area contributed by atoms with Gasteiger partial charge in [0.1, 0.15) is 22.0 Å². The van der Waals surface area contributed by atoms with E-state index >= 15 is 0 Å². The number of nitrogens with zero attached hydrogens (tertiary/aromatic N) is 2. The Balaban J connectivity index is 1.70. The number of ether oxygens (including phenoxy) is 4. The number of hydrogen-bond donors (Lipinski definition) is 1. The molecule has 0 unspecified atom stereocenters. The molecule has 0 spiro atoms. The highest BCUT2D eigenvalue weighted by Gasteiger charge is 2.31. The van der Waals surface area contributed by atoms with Crippen molar-refractivity contribution in [2.75, 3.05) is 39.3 Å². The summed E-state index contributed by atoms with van der Waals surface area (Å²) in [5.41, 5.74) is 2.12. The molecule has 0 fully saturated rings. The van der Waals surface area contributed by atoms with Crippen LogP contribution in [0.1, 0.15) is 34.6 Å². The minimum absolute atomic E-state index is 0.274. The van der Waals surface area contributed by atoms with E-state index in [0.29, 0.717) is 58.8 Å². The third-order valence-corrected chi connectivity index (χ3v) is 7.22. The molecule has 1 amide bonds. The number of fused-ring (bicyclic) bond motifs is 2. The molecule has 1 N–H and O–H groups in total. The Morgan fingerprint density at radius 3 is 2.61 bits per heavy atom. The maximum absolute atomic E-state index is 12.8. The second-order valence-corrected chi connectivity index (χ2v) is 9.26. The van der Waals surface area contributed by atoms with Gasteiger partial charge in [-0.05, 0) is 31.9 Å². The summed E-state index contributed by atoms with van der Waals surface area (Å²) >= 11 is 2.86. The van der Waals surface area contributed by atoms with Gasteiger partial charge in [-0.1, -0.05) is 11.3 Å². The van der Waals surface area contributed by atoms with Crippen molar-refractivity contribution in [3.8, 4) is 11.5 Å². The predicted molar refractivity (Wildman–Crippen MR) is 127 cm³/mol. The molecule has 33 heavy (non-hydrogen) atoms. The number of esters is 1. The van der Waals surface area contributed by atoms with Gasteiger partial charge in [0.25, 0.3) is 0 Å². The van der Waals surface area contributed by atoms with E-state index in [9.17, 15) is 9.59 Å². The van der Waals surface area contributed by atoms with Crippen LogP contribution in [0.3, 0.4) is 0 Å². The zero-order chi connectivity index (χ0) is 23.5. The molecule has 1 aromatic carbocycles. The van der Waals surface area contributed by atoms with Crippen molar-refractivity contribution in [3.63, 3.8) is 0 Å². The fourth-order valence-electron chi connectivity index (χ4n) is 3.68. The van der Waals surface area contributed by atoms with Crippen LogP contribution in [0.25, 0.3) is 10.2 Å². The second kappa shape index (κ2) is 9.84. The number of carbonyl (C=O) groups excluding carboxylic acids is 2. The first-order valence-electron chi connectivity index (χ1n) is 10.5. The summed E-state index contributed by atoms with van der Waals surface area (Å²) in [5.74, 6) is 0.893. The van der Waals surface area contributed by atoms with E-state index in [1.165, 1.54) is 22.7 Å². The lowest BCUT2D eigenvalue weighted by Crippen LogP contribution is -2.36. The highest BCUT2D eigenvalue weighted by molar-refractivity contribution is 7.23. The minimum Gasteiger partial charge on any atom is -0.497 e. The van der Waals surface area contributed by atoms with Crippen molar-refractivity contribution in [3.05, 3.63) is 28.1 Å². The molecule has 1 aliphatic heterocycles. The topological polar surface area (TPSA) is 99.2 Å². The van der Waals surface area contributed by atoms with Crippen LogP contribution in [-0.2, 0) is 22.4 Å². The van der Waals surface area contributed by atoms with E-state index in [2.05, 4.69) is 10.3 Å². The molecular formula is C22H25N3O6S2. The van der Waals surface area contributed by atoms with E-state index in [1.807, 2.05) is 6.07 Å². The summed E-state index contributed by atoms with van der Waals surface area (Å²) in [4.78, 5) is 32.3. The number of aromatic nitrogens is 1. The van der Waals surface area contributed by atoms with Crippen LogP contribution < -0.4 is 14.8 Å². The number of amides is 1. The predicted octanol–water partition coefficient (Wildman–Crippen LogP) is 4.81. The number of benzene rings is 1. The summed E-state index contributed by atoms with van der Waals surface area (Å²) in [6.07, 6.45) is 0.196. The van der Waals surface area contributed by atoms with Gasteiger partial charge in [-0.15, -0.1) is 11.3 Å². The fraction of sp³-hybridized carbons (Fsp3) is 0.409. The van der Waals surface area contributed by atoms with Crippen LogP contribution in [0, 0.1) is 0 Å². The molecule has 1 aliphatic rings. The molecule has 0 saturated heterocycles. The lowest BCUT2D eigenvalue weighted by atomic mass is 10.0. The zero-order valence-electron chi connectivity index (χ0n) is 18.9. The van der Waals surface area contributed by atoms with Crippen LogP contribution in [0.15, 0.2) is 12.1 Å². The number of thiazole rings is 1. The molecule has 0 radical (unpaired) electrons. The van der Waals surface area contributed by atoms with Crippen LogP contribution in [0.4, 0.5) is 14.9 Å². The molecule has 0 atom stereocenters. The van der Waals surface area contributed by atoms with Crippen molar-refractivity contribution >= 4 is 55.1 Å². The first-order chi connectivity index (χ1) is 16.0. The Hall–Kier alpha value is -3.05. The van der Waals surface area contributed by atoms with Crippen LogP contribution in [0.2, 0.25) is 0 Å². The van der Waals surface area contributed by atoms with Crippen molar-refractivity contribution < 1.29 is 28.5 Å². The summed E-state index contributed by atoms with van der Waals surface area (Å²) in [5, 5.41) is 4.57. The average molecular weight is 492 g/mol. The van der Waals surface area contributed by atoms with Gasteiger partial charge >= 0.3 is 12.1 Å². The van der Waals surface area contributed by atoms with Crippen molar-refractivity contribution in [2.45, 2.75) is 26.8 Å². The Labute approximate surface area is 199 Å². The second-order valence-electron chi connectivity index (χ2n) is 7.12. The molecule has 3 heterocycles. The maximum Gasteiger partial charge on any atom is 0.410 e. The minimum atomic E-state index is -0.387. The Bertz CT molecular complexity index is 1190. The summed E-state index contributed by atoms with van der Waals surface area (Å²) in [7, 11) is 3.18. The number of methoxy groups -OCH3 is 2. The lowest BCUT2D eigenvalue weighted by Gasteiger charge is -2.26. The third kappa shape index (κ3) is 4.55. The van der Waals surface area contributed by atoms with Gasteiger partial charge in [0.2, 0.25) is 0 Å². The van der Waals surface area contributed by atoms with Gasteiger partial charge < -0.3 is 29.2 Å². The first-order valence-corrected chi connectivity index (χ1v) is 12.1. The molecule has 2 aromatic heterocycles. The number of nitrogens with one attached hydrogen (secondary N) is 1. The van der Waals surface area contributed by atoms with Gasteiger partial charge in [0.05, 0.1) is 44.2 Å². The molecule has 4 rings (SSSR count). The number of anilines is 2. The molecule has 0 saturated carbocycles. The zero-order valence-corrected chi connectivity index (χ0v) is 20.5. The monoisotopic (exact) mass is 491 g/mol. The number of rotatable bonds is 7. The number of hydrogen-bond acceptors (Lipinski definition) is 10. The van der Waals surface area contributed by atoms with E-state index in [0.717, 1.165) is 15.1 Å². The molecule has 11 heteroatoms. The summed E-state index contributed by atoms with van der Waals surface area (Å²) in [6.45, 7) is 5.01. The first kappa shape index (κ1) is 23.1. The molecule has 9 nitrogen and oxygen atoms in total. The highest BCUT2D eigenvalue weighted by atomic mass is 32.1. The normalized spacial score (nSPS) is 12.9. The van der Waals surface area contributed by atoms with E-state index in [1.54, 1.807) is 39.0 Å². The molecular weight excluding hydrogens is 466 g/mol. The number of thiophene rings is 1. The van der Waals surface area contributed by atoms with Gasteiger partial charge in [-0.25, -0.2) is 14.6 Å². The van der Waals surface area contributed by atoms with Gasteiger partial charge in [0.15, 0.2) is 5.13 Å². The van der Waals surface area contributed by atoms with Crippen molar-refractivity contribution in [1.82, 2.24) is 9.88 Å². The van der Waals surface area contributed by atoms with Gasteiger partial charge in [-0.3, -0.25) is 0 Å². The van der Waals surface area contributed by atoms with E-state index < -0.39 is 0 Å².